The third kappa shape index (κ3) is 3.15. The van der Waals surface area contributed by atoms with Gasteiger partial charge < -0.3 is 10.4 Å². The Hall–Kier alpha value is -1.36. The van der Waals surface area contributed by atoms with Crippen LogP contribution in [0.1, 0.15) is 91.4 Å². The zero-order chi connectivity index (χ0) is 21.1. The van der Waals surface area contributed by atoms with Crippen LogP contribution in [-0.2, 0) is 4.79 Å². The minimum absolute atomic E-state index is 0.151. The van der Waals surface area contributed by atoms with Gasteiger partial charge in [-0.05, 0) is 93.0 Å². The highest BCUT2D eigenvalue weighted by molar-refractivity contribution is 5.94. The lowest BCUT2D eigenvalue weighted by molar-refractivity contribution is -0.148. The van der Waals surface area contributed by atoms with E-state index in [0.717, 1.165) is 63.4 Å². The van der Waals surface area contributed by atoms with Crippen LogP contribution in [0.15, 0.2) is 12.2 Å². The molecular weight excluding hydrogens is 364 g/mol. The van der Waals surface area contributed by atoms with Crippen molar-refractivity contribution in [3.8, 4) is 0 Å². The fourth-order valence-corrected chi connectivity index (χ4v) is 8.21. The van der Waals surface area contributed by atoms with Gasteiger partial charge in [-0.25, -0.2) is 4.79 Å². The Balaban J connectivity index is 1.56. The van der Waals surface area contributed by atoms with E-state index in [2.05, 4.69) is 31.1 Å². The molecule has 2 bridgehead atoms. The SMILES string of the molecule is C=C1C[C@@]23CC[C@H]4[C@@](C)(CCC[C@@]4(C)NC(=O)NC(=O)CCC)[C@@H]2CC[C@]1(O)C3. The highest BCUT2D eigenvalue weighted by atomic mass is 16.3. The van der Waals surface area contributed by atoms with Gasteiger partial charge in [0.15, 0.2) is 0 Å². The quantitative estimate of drug-likeness (QED) is 0.610. The monoisotopic (exact) mass is 402 g/mol. The first-order chi connectivity index (χ1) is 13.6. The van der Waals surface area contributed by atoms with Crippen molar-refractivity contribution in [3.63, 3.8) is 0 Å². The molecule has 4 aliphatic carbocycles. The van der Waals surface area contributed by atoms with E-state index in [4.69, 9.17) is 0 Å². The zero-order valence-electron chi connectivity index (χ0n) is 18.4. The molecule has 29 heavy (non-hydrogen) atoms. The molecule has 0 unspecified atom stereocenters. The summed E-state index contributed by atoms with van der Waals surface area (Å²) >= 11 is 0. The molecule has 4 fully saturated rings. The van der Waals surface area contributed by atoms with Crippen molar-refractivity contribution in [2.75, 3.05) is 0 Å². The molecule has 5 heteroatoms. The van der Waals surface area contributed by atoms with E-state index >= 15 is 0 Å². The van der Waals surface area contributed by atoms with Crippen LogP contribution in [0.25, 0.3) is 0 Å². The minimum Gasteiger partial charge on any atom is -0.386 e. The van der Waals surface area contributed by atoms with Gasteiger partial charge in [-0.15, -0.1) is 0 Å². The lowest BCUT2D eigenvalue weighted by Crippen LogP contribution is -2.65. The Labute approximate surface area is 175 Å². The van der Waals surface area contributed by atoms with Crippen LogP contribution in [0, 0.1) is 22.7 Å². The van der Waals surface area contributed by atoms with E-state index in [-0.39, 0.29) is 28.3 Å². The number of carbonyl (C=O) groups excluding carboxylic acids is 2. The molecule has 4 saturated carbocycles. The predicted molar refractivity (Wildman–Crippen MR) is 113 cm³/mol. The fraction of sp³-hybridized carbons (Fsp3) is 0.833. The summed E-state index contributed by atoms with van der Waals surface area (Å²) in [6.07, 6.45) is 10.2. The average molecular weight is 403 g/mol. The number of nitrogens with one attached hydrogen (secondary N) is 2. The van der Waals surface area contributed by atoms with Gasteiger partial charge in [0.1, 0.15) is 0 Å². The highest BCUT2D eigenvalue weighted by Crippen LogP contribution is 2.71. The van der Waals surface area contributed by atoms with Gasteiger partial charge in [0, 0.05) is 12.0 Å². The van der Waals surface area contributed by atoms with Crippen molar-refractivity contribution in [1.29, 1.82) is 0 Å². The van der Waals surface area contributed by atoms with Crippen LogP contribution in [0.3, 0.4) is 0 Å². The summed E-state index contributed by atoms with van der Waals surface area (Å²) in [5.41, 5.74) is 0.446. The van der Waals surface area contributed by atoms with Gasteiger partial charge in [-0.1, -0.05) is 26.8 Å². The fourth-order valence-electron chi connectivity index (χ4n) is 8.21. The maximum Gasteiger partial charge on any atom is 0.321 e. The van der Waals surface area contributed by atoms with Gasteiger partial charge in [-0.3, -0.25) is 10.1 Å². The van der Waals surface area contributed by atoms with E-state index in [1.807, 2.05) is 6.92 Å². The zero-order valence-corrected chi connectivity index (χ0v) is 18.4. The number of carbonyl (C=O) groups is 2. The van der Waals surface area contributed by atoms with Crippen molar-refractivity contribution >= 4 is 11.9 Å². The molecule has 0 aromatic heterocycles. The topological polar surface area (TPSA) is 78.4 Å². The largest absolute Gasteiger partial charge is 0.386 e. The van der Waals surface area contributed by atoms with Gasteiger partial charge in [0.2, 0.25) is 5.91 Å². The van der Waals surface area contributed by atoms with Crippen molar-refractivity contribution in [1.82, 2.24) is 10.6 Å². The van der Waals surface area contributed by atoms with E-state index < -0.39 is 5.60 Å². The van der Waals surface area contributed by atoms with Crippen molar-refractivity contribution < 1.29 is 14.7 Å². The number of aliphatic hydroxyl groups is 1. The lowest BCUT2D eigenvalue weighted by atomic mass is 9.42. The summed E-state index contributed by atoms with van der Waals surface area (Å²) in [5.74, 6) is 0.761. The summed E-state index contributed by atoms with van der Waals surface area (Å²) in [7, 11) is 0. The van der Waals surface area contributed by atoms with Crippen LogP contribution in [0.2, 0.25) is 0 Å². The molecule has 4 rings (SSSR count). The summed E-state index contributed by atoms with van der Waals surface area (Å²) in [6, 6.07) is -0.345. The first-order valence-corrected chi connectivity index (χ1v) is 11.6. The Morgan fingerprint density at radius 2 is 1.86 bits per heavy atom. The predicted octanol–water partition coefficient (Wildman–Crippen LogP) is 4.45. The van der Waals surface area contributed by atoms with Gasteiger partial charge in [0.25, 0.3) is 0 Å². The molecule has 1 spiro atoms. The molecule has 0 saturated heterocycles. The number of hydrogen-bond acceptors (Lipinski definition) is 3. The van der Waals surface area contributed by atoms with E-state index in [1.165, 1.54) is 6.42 Å². The molecule has 0 aliphatic heterocycles. The summed E-state index contributed by atoms with van der Waals surface area (Å²) < 4.78 is 0. The van der Waals surface area contributed by atoms with Crippen LogP contribution < -0.4 is 10.6 Å². The molecule has 0 aromatic rings. The Kier molecular flexibility index (Phi) is 4.92. The van der Waals surface area contributed by atoms with Crippen LogP contribution >= 0.6 is 0 Å². The number of imide groups is 1. The highest BCUT2D eigenvalue weighted by Gasteiger charge is 2.66. The number of hydrogen-bond donors (Lipinski definition) is 3. The van der Waals surface area contributed by atoms with Crippen molar-refractivity contribution in [2.24, 2.45) is 22.7 Å². The number of urea groups is 1. The molecule has 0 radical (unpaired) electrons. The molecule has 5 nitrogen and oxygen atoms in total. The molecule has 0 aromatic carbocycles. The maximum absolute atomic E-state index is 12.6. The standard InChI is InChI=1S/C24H38N2O3/c1-5-7-19(27)25-20(28)26-22(4)11-6-10-21(3)17(22)8-12-23-14-16(2)24(29,15-23)13-9-18(21)23/h17-18,29H,2,5-15H2,1,3-4H3,(H2,25,26,27,28)/t17-,18-,21+,22+,23+,24-/m0/s1. The molecule has 3 amide bonds. The lowest BCUT2D eigenvalue weighted by Gasteiger charge is -2.64. The van der Waals surface area contributed by atoms with Crippen LogP contribution in [-0.4, -0.2) is 28.2 Å². The number of fused-ring (bicyclic) bond motifs is 3. The Bertz CT molecular complexity index is 736. The summed E-state index contributed by atoms with van der Waals surface area (Å²) in [4.78, 5) is 24.5. The third-order valence-electron chi connectivity index (χ3n) is 9.29. The number of rotatable bonds is 3. The number of amides is 3. The van der Waals surface area contributed by atoms with Gasteiger partial charge in [-0.2, -0.15) is 0 Å². The maximum atomic E-state index is 12.6. The van der Waals surface area contributed by atoms with Crippen molar-refractivity contribution in [2.45, 2.75) is 103 Å². The average Bonchev–Trinajstić information content (AvgIpc) is 2.78. The van der Waals surface area contributed by atoms with Crippen LogP contribution in [0.5, 0.6) is 0 Å². The van der Waals surface area contributed by atoms with Crippen molar-refractivity contribution in [3.05, 3.63) is 12.2 Å². The normalized spacial score (nSPS) is 45.9. The first kappa shape index (κ1) is 20.9. The van der Waals surface area contributed by atoms with Gasteiger partial charge in [0.05, 0.1) is 5.60 Å². The molecule has 6 atom stereocenters. The molecule has 4 aliphatic rings. The summed E-state index contributed by atoms with van der Waals surface area (Å²) in [6.45, 7) is 10.8. The molecular formula is C24H38N2O3. The smallest absolute Gasteiger partial charge is 0.321 e. The Morgan fingerprint density at radius 1 is 1.14 bits per heavy atom. The van der Waals surface area contributed by atoms with Crippen LogP contribution in [0.4, 0.5) is 4.79 Å². The Morgan fingerprint density at radius 3 is 2.59 bits per heavy atom. The first-order valence-electron chi connectivity index (χ1n) is 11.6. The third-order valence-corrected chi connectivity index (χ3v) is 9.29. The summed E-state index contributed by atoms with van der Waals surface area (Å²) in [5, 5.41) is 16.8. The molecule has 162 valence electrons. The van der Waals surface area contributed by atoms with E-state index in [1.54, 1.807) is 0 Å². The second kappa shape index (κ2) is 6.83. The molecule has 0 heterocycles. The van der Waals surface area contributed by atoms with Gasteiger partial charge >= 0.3 is 6.03 Å². The minimum atomic E-state index is -0.643. The van der Waals surface area contributed by atoms with E-state index in [9.17, 15) is 14.7 Å². The van der Waals surface area contributed by atoms with E-state index in [0.29, 0.717) is 18.3 Å². The second-order valence-corrected chi connectivity index (χ2v) is 11.1. The molecule has 3 N–H and O–H groups in total. The second-order valence-electron chi connectivity index (χ2n) is 11.1.